The normalized spacial score (nSPS) is 18.7. The van der Waals surface area contributed by atoms with Gasteiger partial charge in [0.1, 0.15) is 5.69 Å². The topological polar surface area (TPSA) is 88.3 Å². The van der Waals surface area contributed by atoms with Gasteiger partial charge in [-0.1, -0.05) is 0 Å². The first-order valence-electron chi connectivity index (χ1n) is 5.84. The predicted octanol–water partition coefficient (Wildman–Crippen LogP) is -0.247. The second kappa shape index (κ2) is 5.03. The summed E-state index contributed by atoms with van der Waals surface area (Å²) in [6.45, 7) is 1.45. The number of primary amides is 1. The molecule has 0 aromatic carbocycles. The molecule has 0 spiro atoms. The van der Waals surface area contributed by atoms with Crippen molar-refractivity contribution < 1.29 is 9.59 Å². The molecular weight excluding hydrogens is 232 g/mol. The Bertz CT molecular complexity index is 475. The van der Waals surface area contributed by atoms with Crippen LogP contribution >= 0.6 is 0 Å². The molecule has 96 valence electrons. The molecule has 6 heteroatoms. The summed E-state index contributed by atoms with van der Waals surface area (Å²) in [5, 5.41) is 2.66. The third-order valence-corrected chi connectivity index (χ3v) is 3.17. The summed E-state index contributed by atoms with van der Waals surface area (Å²) in [6, 6.07) is 3.48. The summed E-state index contributed by atoms with van der Waals surface area (Å²) in [7, 11) is 1.64. The van der Waals surface area contributed by atoms with E-state index in [4.69, 9.17) is 5.73 Å². The molecule has 18 heavy (non-hydrogen) atoms. The lowest BCUT2D eigenvalue weighted by Gasteiger charge is -2.18. The first kappa shape index (κ1) is 12.3. The zero-order valence-corrected chi connectivity index (χ0v) is 10.2. The average Bonchev–Trinajstić information content (AvgIpc) is 2.87. The lowest BCUT2D eigenvalue weighted by atomic mass is 10.1. The van der Waals surface area contributed by atoms with E-state index in [2.05, 4.69) is 15.2 Å². The number of pyridine rings is 1. The molecule has 0 bridgehead atoms. The van der Waals surface area contributed by atoms with Crippen LogP contribution < -0.4 is 16.0 Å². The number of amides is 2. The number of nitrogens with two attached hydrogens (primary N) is 1. The molecule has 0 saturated carbocycles. The molecule has 2 amide bonds. The van der Waals surface area contributed by atoms with Gasteiger partial charge in [-0.15, -0.1) is 0 Å². The highest BCUT2D eigenvalue weighted by molar-refractivity contribution is 5.91. The molecule has 0 radical (unpaired) electrons. The second-order valence-electron chi connectivity index (χ2n) is 4.31. The zero-order valence-electron chi connectivity index (χ0n) is 10.2. The van der Waals surface area contributed by atoms with E-state index in [-0.39, 0.29) is 17.5 Å². The third kappa shape index (κ3) is 2.42. The molecule has 1 saturated heterocycles. The van der Waals surface area contributed by atoms with Crippen LogP contribution in [0.3, 0.4) is 0 Å². The summed E-state index contributed by atoms with van der Waals surface area (Å²) in [5.41, 5.74) is 6.32. The average molecular weight is 248 g/mol. The Morgan fingerprint density at radius 1 is 1.56 bits per heavy atom. The molecule has 1 aliphatic rings. The number of rotatable bonds is 3. The third-order valence-electron chi connectivity index (χ3n) is 3.17. The minimum Gasteiger partial charge on any atom is -0.371 e. The van der Waals surface area contributed by atoms with E-state index in [9.17, 15) is 9.59 Å². The van der Waals surface area contributed by atoms with Gasteiger partial charge in [-0.25, -0.2) is 0 Å². The standard InChI is InChI=1S/C12H16N4O2/c1-14-12(18)8-3-5-16(7-8)9-2-4-15-10(6-9)11(13)17/h2,4,6,8H,3,5,7H2,1H3,(H2,13,17)(H,14,18). The SMILES string of the molecule is CNC(=O)C1CCN(c2ccnc(C(N)=O)c2)C1. The molecule has 1 fully saturated rings. The fourth-order valence-electron chi connectivity index (χ4n) is 2.16. The van der Waals surface area contributed by atoms with Gasteiger partial charge < -0.3 is 16.0 Å². The van der Waals surface area contributed by atoms with Crippen LogP contribution in [0.25, 0.3) is 0 Å². The van der Waals surface area contributed by atoms with Crippen LogP contribution in [0, 0.1) is 5.92 Å². The quantitative estimate of drug-likeness (QED) is 0.772. The monoisotopic (exact) mass is 248 g/mol. The Kier molecular flexibility index (Phi) is 3.45. The van der Waals surface area contributed by atoms with Crippen LogP contribution in [-0.2, 0) is 4.79 Å². The maximum Gasteiger partial charge on any atom is 0.267 e. The highest BCUT2D eigenvalue weighted by Crippen LogP contribution is 2.23. The Morgan fingerprint density at radius 3 is 3.00 bits per heavy atom. The van der Waals surface area contributed by atoms with Crippen LogP contribution in [0.4, 0.5) is 5.69 Å². The number of nitrogens with zero attached hydrogens (tertiary/aromatic N) is 2. The van der Waals surface area contributed by atoms with Crippen LogP contribution in [0.2, 0.25) is 0 Å². The summed E-state index contributed by atoms with van der Waals surface area (Å²) in [4.78, 5) is 28.6. The van der Waals surface area contributed by atoms with Gasteiger partial charge in [-0.05, 0) is 18.6 Å². The second-order valence-corrected chi connectivity index (χ2v) is 4.31. The maximum atomic E-state index is 11.5. The lowest BCUT2D eigenvalue weighted by Crippen LogP contribution is -2.30. The van der Waals surface area contributed by atoms with Crippen molar-refractivity contribution in [2.24, 2.45) is 11.7 Å². The molecule has 1 aromatic heterocycles. The van der Waals surface area contributed by atoms with E-state index < -0.39 is 5.91 Å². The number of carbonyl (C=O) groups excluding carboxylic acids is 2. The minimum absolute atomic E-state index is 0.000179. The van der Waals surface area contributed by atoms with Crippen molar-refractivity contribution in [3.8, 4) is 0 Å². The van der Waals surface area contributed by atoms with E-state index >= 15 is 0 Å². The number of carbonyl (C=O) groups is 2. The van der Waals surface area contributed by atoms with Gasteiger partial charge in [0.05, 0.1) is 5.92 Å². The molecule has 1 unspecified atom stereocenters. The molecular formula is C12H16N4O2. The van der Waals surface area contributed by atoms with E-state index in [1.165, 1.54) is 0 Å². The van der Waals surface area contributed by atoms with Gasteiger partial charge in [0.25, 0.3) is 5.91 Å². The van der Waals surface area contributed by atoms with Crippen molar-refractivity contribution >= 4 is 17.5 Å². The van der Waals surface area contributed by atoms with Crippen LogP contribution in [0.1, 0.15) is 16.9 Å². The number of anilines is 1. The summed E-state index contributed by atoms with van der Waals surface area (Å²) >= 11 is 0. The van der Waals surface area contributed by atoms with Crippen molar-refractivity contribution in [2.45, 2.75) is 6.42 Å². The Labute approximate surface area is 105 Å². The summed E-state index contributed by atoms with van der Waals surface area (Å²) in [6.07, 6.45) is 2.37. The molecule has 2 heterocycles. The molecule has 3 N–H and O–H groups in total. The lowest BCUT2D eigenvalue weighted by molar-refractivity contribution is -0.123. The zero-order chi connectivity index (χ0) is 13.1. The van der Waals surface area contributed by atoms with Gasteiger partial charge >= 0.3 is 0 Å². The van der Waals surface area contributed by atoms with Gasteiger partial charge in [-0.3, -0.25) is 14.6 Å². The number of aromatic nitrogens is 1. The molecule has 0 aliphatic carbocycles. The highest BCUT2D eigenvalue weighted by atomic mass is 16.2. The fraction of sp³-hybridized carbons (Fsp3) is 0.417. The van der Waals surface area contributed by atoms with Gasteiger partial charge in [-0.2, -0.15) is 0 Å². The summed E-state index contributed by atoms with van der Waals surface area (Å²) in [5.74, 6) is -0.485. The van der Waals surface area contributed by atoms with Gasteiger partial charge in [0.2, 0.25) is 5.91 Å². The molecule has 1 aromatic rings. The Morgan fingerprint density at radius 2 is 2.33 bits per heavy atom. The van der Waals surface area contributed by atoms with Crippen LogP contribution in [0.5, 0.6) is 0 Å². The number of hydrogen-bond acceptors (Lipinski definition) is 4. The van der Waals surface area contributed by atoms with E-state index in [0.29, 0.717) is 6.54 Å². The van der Waals surface area contributed by atoms with Crippen molar-refractivity contribution in [1.82, 2.24) is 10.3 Å². The first-order valence-corrected chi connectivity index (χ1v) is 5.84. The molecule has 2 rings (SSSR count). The van der Waals surface area contributed by atoms with Gasteiger partial charge in [0, 0.05) is 32.0 Å². The maximum absolute atomic E-state index is 11.5. The molecule has 6 nitrogen and oxygen atoms in total. The number of nitrogens with one attached hydrogen (secondary N) is 1. The first-order chi connectivity index (χ1) is 8.61. The largest absolute Gasteiger partial charge is 0.371 e. The van der Waals surface area contributed by atoms with Crippen molar-refractivity contribution in [2.75, 3.05) is 25.0 Å². The van der Waals surface area contributed by atoms with Crippen molar-refractivity contribution in [1.29, 1.82) is 0 Å². The smallest absolute Gasteiger partial charge is 0.267 e. The van der Waals surface area contributed by atoms with E-state index in [1.54, 1.807) is 19.3 Å². The summed E-state index contributed by atoms with van der Waals surface area (Å²) < 4.78 is 0. The fourth-order valence-corrected chi connectivity index (χ4v) is 2.16. The van der Waals surface area contributed by atoms with Crippen LogP contribution in [-0.4, -0.2) is 36.9 Å². The Hall–Kier alpha value is -2.11. The predicted molar refractivity (Wildman–Crippen MR) is 67.1 cm³/mol. The van der Waals surface area contributed by atoms with Crippen LogP contribution in [0.15, 0.2) is 18.3 Å². The van der Waals surface area contributed by atoms with Crippen molar-refractivity contribution in [3.63, 3.8) is 0 Å². The van der Waals surface area contributed by atoms with E-state index in [1.807, 2.05) is 6.07 Å². The molecule has 1 aliphatic heterocycles. The van der Waals surface area contributed by atoms with Gasteiger partial charge in [0.15, 0.2) is 0 Å². The molecule has 1 atom stereocenters. The minimum atomic E-state index is -0.543. The Balaban J connectivity index is 2.12. The van der Waals surface area contributed by atoms with E-state index in [0.717, 1.165) is 18.7 Å². The highest BCUT2D eigenvalue weighted by Gasteiger charge is 2.27. The number of hydrogen-bond donors (Lipinski definition) is 2. The van der Waals surface area contributed by atoms with Crippen molar-refractivity contribution in [3.05, 3.63) is 24.0 Å².